The van der Waals surface area contributed by atoms with E-state index < -0.39 is 17.7 Å². The Morgan fingerprint density at radius 2 is 1.63 bits per heavy atom. The van der Waals surface area contributed by atoms with E-state index in [4.69, 9.17) is 9.47 Å². The Morgan fingerprint density at radius 1 is 0.933 bits per heavy atom. The molecule has 3 aromatic rings. The van der Waals surface area contributed by atoms with E-state index in [9.17, 15) is 13.6 Å². The van der Waals surface area contributed by atoms with Crippen molar-refractivity contribution in [3.8, 4) is 11.5 Å². The van der Waals surface area contributed by atoms with Crippen molar-refractivity contribution in [2.45, 2.75) is 12.5 Å². The highest BCUT2D eigenvalue weighted by atomic mass is 19.2. The fourth-order valence-electron chi connectivity index (χ4n) is 3.95. The summed E-state index contributed by atoms with van der Waals surface area (Å²) in [5.74, 6) is -1.18. The molecular weight excluding hydrogens is 388 g/mol. The van der Waals surface area contributed by atoms with Crippen molar-refractivity contribution in [3.05, 3.63) is 94.6 Å². The third-order valence-electron chi connectivity index (χ3n) is 5.42. The van der Waals surface area contributed by atoms with Crippen LogP contribution in [-0.2, 0) is 6.42 Å². The Kier molecular flexibility index (Phi) is 5.40. The molecule has 1 aliphatic heterocycles. The van der Waals surface area contributed by atoms with Gasteiger partial charge in [0.25, 0.3) is 5.91 Å². The van der Waals surface area contributed by atoms with Crippen LogP contribution in [0.3, 0.4) is 0 Å². The highest BCUT2D eigenvalue weighted by Crippen LogP contribution is 2.41. The Balaban J connectivity index is 1.83. The van der Waals surface area contributed by atoms with E-state index in [1.165, 1.54) is 6.07 Å². The van der Waals surface area contributed by atoms with Crippen LogP contribution in [0.1, 0.15) is 33.1 Å². The number of nitrogens with zero attached hydrogens (tertiary/aromatic N) is 1. The largest absolute Gasteiger partial charge is 0.493 e. The quantitative estimate of drug-likeness (QED) is 0.623. The maximum absolute atomic E-state index is 13.8. The van der Waals surface area contributed by atoms with Crippen molar-refractivity contribution in [1.29, 1.82) is 0 Å². The summed E-state index contributed by atoms with van der Waals surface area (Å²) in [6.45, 7) is 0.430. The molecule has 6 heteroatoms. The van der Waals surface area contributed by atoms with E-state index in [0.29, 0.717) is 24.5 Å². The van der Waals surface area contributed by atoms with E-state index in [1.54, 1.807) is 19.1 Å². The fraction of sp³-hybridized carbons (Fsp3) is 0.208. The number of hydrogen-bond donors (Lipinski definition) is 0. The lowest BCUT2D eigenvalue weighted by Gasteiger charge is -2.38. The number of methoxy groups -OCH3 is 2. The second kappa shape index (κ2) is 8.14. The van der Waals surface area contributed by atoms with Gasteiger partial charge in [-0.15, -0.1) is 0 Å². The molecule has 0 aromatic heterocycles. The van der Waals surface area contributed by atoms with Gasteiger partial charge in [-0.1, -0.05) is 30.3 Å². The summed E-state index contributed by atoms with van der Waals surface area (Å²) in [5.41, 5.74) is 3.00. The third-order valence-corrected chi connectivity index (χ3v) is 5.42. The fourth-order valence-corrected chi connectivity index (χ4v) is 3.95. The predicted octanol–water partition coefficient (Wildman–Crippen LogP) is 4.77. The first kappa shape index (κ1) is 19.9. The van der Waals surface area contributed by atoms with Gasteiger partial charge in [-0.05, 0) is 53.4 Å². The van der Waals surface area contributed by atoms with Crippen molar-refractivity contribution >= 4 is 5.91 Å². The van der Waals surface area contributed by atoms with Crippen molar-refractivity contribution in [2.75, 3.05) is 20.8 Å². The average molecular weight is 409 g/mol. The van der Waals surface area contributed by atoms with Gasteiger partial charge in [0.1, 0.15) is 0 Å². The van der Waals surface area contributed by atoms with Gasteiger partial charge in [0.05, 0.1) is 20.3 Å². The molecule has 0 N–H and O–H groups in total. The highest BCUT2D eigenvalue weighted by molar-refractivity contribution is 5.95. The molecule has 0 bridgehead atoms. The van der Waals surface area contributed by atoms with E-state index >= 15 is 0 Å². The van der Waals surface area contributed by atoms with Crippen LogP contribution in [0.5, 0.6) is 11.5 Å². The number of fused-ring (bicyclic) bond motifs is 1. The SMILES string of the molecule is COc1cc2c(cc1OC)C(c1ccccc1)N(C(=O)c1ccc(F)c(F)c1)CC2. The number of carbonyl (C=O) groups excluding carboxylic acids is 1. The van der Waals surface area contributed by atoms with Gasteiger partial charge in [-0.25, -0.2) is 8.78 Å². The van der Waals surface area contributed by atoms with Crippen molar-refractivity contribution in [1.82, 2.24) is 4.90 Å². The van der Waals surface area contributed by atoms with Crippen LogP contribution in [-0.4, -0.2) is 31.6 Å². The van der Waals surface area contributed by atoms with E-state index in [0.717, 1.165) is 28.8 Å². The van der Waals surface area contributed by atoms with Crippen LogP contribution >= 0.6 is 0 Å². The standard InChI is InChI=1S/C24H21F2NO3/c1-29-21-13-16-10-11-27(24(28)17-8-9-19(25)20(26)12-17)23(15-6-4-3-5-7-15)18(16)14-22(21)30-2/h3-9,12-14,23H,10-11H2,1-2H3. The molecule has 1 heterocycles. The Morgan fingerprint density at radius 3 is 2.30 bits per heavy atom. The molecule has 3 aromatic carbocycles. The van der Waals surface area contributed by atoms with Gasteiger partial charge >= 0.3 is 0 Å². The molecule has 4 rings (SSSR count). The molecule has 1 atom stereocenters. The van der Waals surface area contributed by atoms with Crippen molar-refractivity contribution in [2.24, 2.45) is 0 Å². The lowest BCUT2D eigenvalue weighted by atomic mass is 9.87. The Bertz CT molecular complexity index is 1090. The summed E-state index contributed by atoms with van der Waals surface area (Å²) in [7, 11) is 3.15. The van der Waals surface area contributed by atoms with Gasteiger partial charge in [0, 0.05) is 12.1 Å². The predicted molar refractivity (Wildman–Crippen MR) is 109 cm³/mol. The third kappa shape index (κ3) is 3.49. The molecule has 4 nitrogen and oxygen atoms in total. The van der Waals surface area contributed by atoms with E-state index in [-0.39, 0.29) is 11.5 Å². The van der Waals surface area contributed by atoms with E-state index in [2.05, 4.69) is 0 Å². The van der Waals surface area contributed by atoms with Crippen molar-refractivity contribution in [3.63, 3.8) is 0 Å². The van der Waals surface area contributed by atoms with Crippen LogP contribution in [0.15, 0.2) is 60.7 Å². The van der Waals surface area contributed by atoms with Crippen LogP contribution in [0.25, 0.3) is 0 Å². The molecule has 1 aliphatic rings. The maximum Gasteiger partial charge on any atom is 0.254 e. The number of amides is 1. The molecular formula is C24H21F2NO3. The van der Waals surface area contributed by atoms with E-state index in [1.807, 2.05) is 42.5 Å². The average Bonchev–Trinajstić information content (AvgIpc) is 2.79. The summed E-state index contributed by atoms with van der Waals surface area (Å²) in [6.07, 6.45) is 0.606. The zero-order valence-electron chi connectivity index (χ0n) is 16.7. The second-order valence-electron chi connectivity index (χ2n) is 7.10. The molecule has 0 radical (unpaired) electrons. The first-order valence-electron chi connectivity index (χ1n) is 9.59. The molecule has 1 unspecified atom stereocenters. The van der Waals surface area contributed by atoms with Gasteiger partial charge in [-0.2, -0.15) is 0 Å². The first-order chi connectivity index (χ1) is 14.5. The van der Waals surface area contributed by atoms with Crippen molar-refractivity contribution < 1.29 is 23.0 Å². The number of benzene rings is 3. The smallest absolute Gasteiger partial charge is 0.254 e. The second-order valence-corrected chi connectivity index (χ2v) is 7.10. The normalized spacial score (nSPS) is 15.5. The molecule has 0 fully saturated rings. The Labute approximate surface area is 173 Å². The molecule has 0 spiro atoms. The van der Waals surface area contributed by atoms with Gasteiger partial charge in [0.15, 0.2) is 23.1 Å². The molecule has 1 amide bonds. The molecule has 0 aliphatic carbocycles. The minimum atomic E-state index is -1.04. The number of halogens is 2. The first-order valence-corrected chi connectivity index (χ1v) is 9.59. The summed E-state index contributed by atoms with van der Waals surface area (Å²) in [4.78, 5) is 15.0. The summed E-state index contributed by atoms with van der Waals surface area (Å²) >= 11 is 0. The monoisotopic (exact) mass is 409 g/mol. The minimum absolute atomic E-state index is 0.110. The molecule has 0 saturated carbocycles. The molecule has 154 valence electrons. The summed E-state index contributed by atoms with van der Waals surface area (Å²) in [6, 6.07) is 16.3. The number of rotatable bonds is 4. The zero-order valence-corrected chi connectivity index (χ0v) is 16.7. The zero-order chi connectivity index (χ0) is 21.3. The van der Waals surface area contributed by atoms with Crippen LogP contribution in [0.2, 0.25) is 0 Å². The number of carbonyl (C=O) groups is 1. The summed E-state index contributed by atoms with van der Waals surface area (Å²) in [5, 5.41) is 0. The van der Waals surface area contributed by atoms with Gasteiger partial charge < -0.3 is 14.4 Å². The van der Waals surface area contributed by atoms with Crippen LogP contribution in [0, 0.1) is 11.6 Å². The lowest BCUT2D eigenvalue weighted by Crippen LogP contribution is -2.40. The number of hydrogen-bond acceptors (Lipinski definition) is 3. The van der Waals surface area contributed by atoms with Gasteiger partial charge in [0.2, 0.25) is 0 Å². The molecule has 0 saturated heterocycles. The number of ether oxygens (including phenoxy) is 2. The maximum atomic E-state index is 13.8. The van der Waals surface area contributed by atoms with Crippen LogP contribution < -0.4 is 9.47 Å². The Hall–Kier alpha value is -3.41. The summed E-state index contributed by atoms with van der Waals surface area (Å²) < 4.78 is 38.0. The van der Waals surface area contributed by atoms with Crippen LogP contribution in [0.4, 0.5) is 8.78 Å². The lowest BCUT2D eigenvalue weighted by molar-refractivity contribution is 0.0693. The van der Waals surface area contributed by atoms with Gasteiger partial charge in [-0.3, -0.25) is 4.79 Å². The minimum Gasteiger partial charge on any atom is -0.493 e. The highest BCUT2D eigenvalue weighted by Gasteiger charge is 2.34. The topological polar surface area (TPSA) is 38.8 Å². The molecule has 30 heavy (non-hydrogen) atoms.